The van der Waals surface area contributed by atoms with Gasteiger partial charge in [0.25, 0.3) is 0 Å². The number of aryl methyl sites for hydroxylation is 6. The van der Waals surface area contributed by atoms with Crippen LogP contribution in [0.1, 0.15) is 217 Å². The highest BCUT2D eigenvalue weighted by Crippen LogP contribution is 2.52. The molecule has 0 N–H and O–H groups in total. The number of nitrogens with zero attached hydrogens (tertiary/aromatic N) is 10. The third kappa shape index (κ3) is 14.2. The lowest BCUT2D eigenvalue weighted by Crippen LogP contribution is -2.18. The fraction of sp³-hybridized carbons (Fsp3) is 0.717. The van der Waals surface area contributed by atoms with Gasteiger partial charge >= 0.3 is 6.18 Å². The summed E-state index contributed by atoms with van der Waals surface area (Å²) in [4.78, 5) is 0. The SMILES string of the molecule is CC(C)(C)c1cn(C2CC2)nc1C(F)(F)F.Cc1nn(C)c(C)c1C(C)(C)C.Cc1nn(C)cc1C(C)(C)C.Cn1cc(C(C)(C)C)c(C2(C)CC2)n1.Cn1cc(C(C)(C)C)c(C2(F)CC2)n1. The highest BCUT2D eigenvalue weighted by atomic mass is 19.4. The molecule has 0 spiro atoms. The van der Waals surface area contributed by atoms with E-state index in [4.69, 9.17) is 0 Å². The molecule has 8 rings (SSSR count). The molecular weight excluding hydrogens is 853 g/mol. The van der Waals surface area contributed by atoms with Crippen LogP contribution in [-0.2, 0) is 72.5 Å². The molecule has 5 aromatic heterocycles. The molecule has 5 aromatic rings. The Labute approximate surface area is 400 Å². The lowest BCUT2D eigenvalue weighted by atomic mass is 9.84. The van der Waals surface area contributed by atoms with Gasteiger partial charge in [-0.2, -0.15) is 38.7 Å². The van der Waals surface area contributed by atoms with Crippen LogP contribution >= 0.6 is 0 Å². The molecule has 0 atom stereocenters. The first-order chi connectivity index (χ1) is 30.1. The van der Waals surface area contributed by atoms with Gasteiger partial charge in [0, 0.05) is 80.8 Å². The quantitative estimate of drug-likeness (QED) is 0.168. The Balaban J connectivity index is 0.000000184. The third-order valence-electron chi connectivity index (χ3n) is 12.8. The van der Waals surface area contributed by atoms with E-state index in [1.807, 2.05) is 48.4 Å². The van der Waals surface area contributed by atoms with Crippen molar-refractivity contribution in [3.63, 3.8) is 0 Å². The van der Waals surface area contributed by atoms with Gasteiger partial charge < -0.3 is 0 Å². The molecule has 0 aliphatic heterocycles. The minimum absolute atomic E-state index is 0.0225. The van der Waals surface area contributed by atoms with Gasteiger partial charge in [-0.05, 0) is 97.5 Å². The second-order valence-corrected chi connectivity index (χ2v) is 25.0. The molecule has 67 heavy (non-hydrogen) atoms. The summed E-state index contributed by atoms with van der Waals surface area (Å²) >= 11 is 0. The van der Waals surface area contributed by atoms with Crippen molar-refractivity contribution in [2.75, 3.05) is 0 Å². The second-order valence-electron chi connectivity index (χ2n) is 25.0. The molecule has 0 bridgehead atoms. The predicted octanol–water partition coefficient (Wildman–Crippen LogP) is 13.3. The smallest absolute Gasteiger partial charge is 0.275 e. The lowest BCUT2D eigenvalue weighted by Gasteiger charge is -2.20. The zero-order valence-electron chi connectivity index (χ0n) is 45.6. The summed E-state index contributed by atoms with van der Waals surface area (Å²) < 4.78 is 61.3. The maximum Gasteiger partial charge on any atom is 0.435 e. The van der Waals surface area contributed by atoms with E-state index in [1.54, 1.807) is 31.6 Å². The minimum atomic E-state index is -4.36. The molecule has 3 aliphatic rings. The summed E-state index contributed by atoms with van der Waals surface area (Å²) in [5.74, 6) is 0. The number of hydrogen-bond donors (Lipinski definition) is 0. The second kappa shape index (κ2) is 18.9. The zero-order chi connectivity index (χ0) is 51.4. The average molecular weight is 939 g/mol. The van der Waals surface area contributed by atoms with E-state index in [1.165, 1.54) is 45.6 Å². The van der Waals surface area contributed by atoms with Crippen molar-refractivity contribution in [2.24, 2.45) is 28.2 Å². The summed E-state index contributed by atoms with van der Waals surface area (Å²) in [7, 11) is 7.83. The molecule has 3 fully saturated rings. The van der Waals surface area contributed by atoms with E-state index in [0.717, 1.165) is 29.8 Å². The minimum Gasteiger partial charge on any atom is -0.275 e. The van der Waals surface area contributed by atoms with Crippen molar-refractivity contribution in [1.29, 1.82) is 0 Å². The van der Waals surface area contributed by atoms with Crippen LogP contribution in [0.15, 0.2) is 24.8 Å². The molecule has 0 unspecified atom stereocenters. The predicted molar refractivity (Wildman–Crippen MR) is 265 cm³/mol. The maximum atomic E-state index is 14.0. The largest absolute Gasteiger partial charge is 0.435 e. The van der Waals surface area contributed by atoms with Crippen LogP contribution in [0.2, 0.25) is 0 Å². The van der Waals surface area contributed by atoms with Gasteiger partial charge in [-0.15, -0.1) is 0 Å². The van der Waals surface area contributed by atoms with Crippen LogP contribution in [0.25, 0.3) is 0 Å². The normalized spacial score (nSPS) is 16.7. The number of aromatic nitrogens is 10. The molecule has 3 aliphatic carbocycles. The van der Waals surface area contributed by atoms with Crippen molar-refractivity contribution < 1.29 is 17.6 Å². The first-order valence-electron chi connectivity index (χ1n) is 24.1. The van der Waals surface area contributed by atoms with Crippen molar-refractivity contribution in [2.45, 2.75) is 220 Å². The third-order valence-corrected chi connectivity index (χ3v) is 12.8. The van der Waals surface area contributed by atoms with Crippen LogP contribution in [0.4, 0.5) is 17.6 Å². The summed E-state index contributed by atoms with van der Waals surface area (Å²) in [6.07, 6.45) is 9.14. The van der Waals surface area contributed by atoms with Gasteiger partial charge in [0.2, 0.25) is 0 Å². The van der Waals surface area contributed by atoms with Gasteiger partial charge in [-0.3, -0.25) is 23.4 Å². The molecule has 14 heteroatoms. The Kier molecular flexibility index (Phi) is 15.6. The molecule has 0 radical (unpaired) electrons. The monoisotopic (exact) mass is 939 g/mol. The van der Waals surface area contributed by atoms with Crippen molar-refractivity contribution >= 4 is 0 Å². The number of alkyl halides is 4. The van der Waals surface area contributed by atoms with Crippen LogP contribution in [-0.4, -0.2) is 48.9 Å². The van der Waals surface area contributed by atoms with Gasteiger partial charge in [0.05, 0.1) is 23.1 Å². The molecular formula is C53H86F4N10. The number of hydrogen-bond acceptors (Lipinski definition) is 5. The van der Waals surface area contributed by atoms with Gasteiger partial charge in [-0.1, -0.05) is 111 Å². The van der Waals surface area contributed by atoms with Gasteiger partial charge in [0.1, 0.15) is 5.69 Å². The molecule has 0 saturated heterocycles. The van der Waals surface area contributed by atoms with Gasteiger partial charge in [-0.25, -0.2) is 4.39 Å². The number of halogens is 4. The van der Waals surface area contributed by atoms with Crippen LogP contribution in [0, 0.1) is 20.8 Å². The molecule has 3 saturated carbocycles. The molecule has 5 heterocycles. The van der Waals surface area contributed by atoms with Crippen molar-refractivity contribution in [3.05, 3.63) is 86.8 Å². The maximum absolute atomic E-state index is 14.0. The van der Waals surface area contributed by atoms with E-state index in [-0.39, 0.29) is 33.3 Å². The Bertz CT molecular complexity index is 2290. The summed E-state index contributed by atoms with van der Waals surface area (Å²) in [6.45, 7) is 40.3. The Morgan fingerprint density at radius 1 is 0.507 bits per heavy atom. The standard InChI is InChI=1S/C12H20N2.C11H15F3N2.C11H17FN2.C10H18N2.C9H16N2/c1-11(2,3)9-8-14(5)13-10(9)12(4)6-7-12;1-10(2,3)8-6-16(7-4-5-7)15-9(8)11(12,13)14;1-10(2,3)8-7-14(4)13-9(8)11(12)5-6-11;1-7-9(10(3,4)5)8(2)12(6)11-7;1-7-8(9(2,3)4)6-11(5)10-7/h8H,6-7H2,1-5H3;6-7H,4-5H2,1-3H3;7H,5-6H2,1-4H3;1-6H3;6H,1-5H3. The fourth-order valence-corrected chi connectivity index (χ4v) is 8.49. The Hall–Kier alpha value is -4.23. The Morgan fingerprint density at radius 3 is 1.21 bits per heavy atom. The van der Waals surface area contributed by atoms with E-state index in [0.29, 0.717) is 24.0 Å². The van der Waals surface area contributed by atoms with Crippen LogP contribution in [0.3, 0.4) is 0 Å². The van der Waals surface area contributed by atoms with E-state index < -0.39 is 23.0 Å². The Morgan fingerprint density at radius 2 is 0.925 bits per heavy atom. The van der Waals surface area contributed by atoms with E-state index in [9.17, 15) is 17.6 Å². The van der Waals surface area contributed by atoms with Crippen LogP contribution in [0.5, 0.6) is 0 Å². The first-order valence-corrected chi connectivity index (χ1v) is 24.1. The zero-order valence-corrected chi connectivity index (χ0v) is 45.6. The summed E-state index contributed by atoms with van der Waals surface area (Å²) in [6, 6.07) is 0.178. The van der Waals surface area contributed by atoms with Crippen molar-refractivity contribution in [1.82, 2.24) is 48.9 Å². The molecule has 0 aromatic carbocycles. The highest BCUT2D eigenvalue weighted by Gasteiger charge is 2.50. The first kappa shape index (κ1) is 55.4. The highest BCUT2D eigenvalue weighted by molar-refractivity contribution is 5.36. The van der Waals surface area contributed by atoms with E-state index >= 15 is 0 Å². The lowest BCUT2D eigenvalue weighted by molar-refractivity contribution is -0.142. The average Bonchev–Trinajstić information content (AvgIpc) is 4.06. The topological polar surface area (TPSA) is 89.1 Å². The fourth-order valence-electron chi connectivity index (χ4n) is 8.49. The summed E-state index contributed by atoms with van der Waals surface area (Å²) in [5.41, 5.74) is 9.64. The van der Waals surface area contributed by atoms with Crippen LogP contribution < -0.4 is 0 Å². The molecule has 376 valence electrons. The van der Waals surface area contributed by atoms with Crippen molar-refractivity contribution in [3.8, 4) is 0 Å². The molecule has 0 amide bonds. The number of rotatable bonds is 3. The van der Waals surface area contributed by atoms with E-state index in [2.05, 4.69) is 149 Å². The van der Waals surface area contributed by atoms with Gasteiger partial charge in [0.15, 0.2) is 11.4 Å². The summed E-state index contributed by atoms with van der Waals surface area (Å²) in [5, 5.41) is 21.3. The molecule has 10 nitrogen and oxygen atoms in total.